The van der Waals surface area contributed by atoms with Crippen LogP contribution in [0.1, 0.15) is 5.56 Å². The summed E-state index contributed by atoms with van der Waals surface area (Å²) in [6, 6.07) is 6.74. The molecule has 0 aliphatic heterocycles. The summed E-state index contributed by atoms with van der Waals surface area (Å²) in [6.45, 7) is 0. The van der Waals surface area contributed by atoms with Gasteiger partial charge in [0.15, 0.2) is 0 Å². The molecule has 0 unspecified atom stereocenters. The first-order valence-corrected chi connectivity index (χ1v) is 5.04. The van der Waals surface area contributed by atoms with Gasteiger partial charge in [-0.25, -0.2) is 13.6 Å². The van der Waals surface area contributed by atoms with Gasteiger partial charge in [0.1, 0.15) is 0 Å². The zero-order valence-electron chi connectivity index (χ0n) is 6.80. The summed E-state index contributed by atoms with van der Waals surface area (Å²) >= 11 is 0. The van der Waals surface area contributed by atoms with E-state index in [1.165, 1.54) is 0 Å². The summed E-state index contributed by atoms with van der Waals surface area (Å²) in [5.41, 5.74) is 6.50. The van der Waals surface area contributed by atoms with Gasteiger partial charge in [-0.3, -0.25) is 0 Å². The molecule has 0 atom stereocenters. The van der Waals surface area contributed by atoms with Crippen LogP contribution < -0.4 is 10.9 Å². The second kappa shape index (κ2) is 4.45. The number of benzene rings is 1. The molecule has 1 aromatic rings. The number of para-hydroxylation sites is 1. The zero-order valence-corrected chi connectivity index (χ0v) is 8.44. The van der Waals surface area contributed by atoms with Crippen molar-refractivity contribution in [3.63, 3.8) is 0 Å². The Labute approximate surface area is 83.4 Å². The van der Waals surface area contributed by atoms with Gasteiger partial charge < -0.3 is 5.73 Å². The SMILES string of the molecule is Cl.Nc1ccccc1CS(N)(=O)=O. The minimum atomic E-state index is -3.48. The number of sulfonamides is 1. The van der Waals surface area contributed by atoms with Crippen molar-refractivity contribution in [2.45, 2.75) is 5.75 Å². The average molecular weight is 223 g/mol. The molecular weight excluding hydrogens is 212 g/mol. The van der Waals surface area contributed by atoms with Gasteiger partial charge in [-0.1, -0.05) is 18.2 Å². The Morgan fingerprint density at radius 2 is 1.77 bits per heavy atom. The quantitative estimate of drug-likeness (QED) is 0.714. The standard InChI is InChI=1S/C7H10N2O2S.ClH/c8-7-4-2-1-3-6(7)5-12(9,10)11;/h1-4H,5,8H2,(H2,9,10,11);1H. The summed E-state index contributed by atoms with van der Waals surface area (Å²) in [5.74, 6) is -0.209. The Morgan fingerprint density at radius 3 is 2.23 bits per heavy atom. The number of primary sulfonamides is 1. The van der Waals surface area contributed by atoms with Gasteiger partial charge in [-0.15, -0.1) is 12.4 Å². The Bertz CT molecular complexity index is 378. The molecule has 0 radical (unpaired) electrons. The predicted molar refractivity (Wildman–Crippen MR) is 54.9 cm³/mol. The normalized spacial score (nSPS) is 10.5. The molecule has 0 fully saturated rings. The topological polar surface area (TPSA) is 86.2 Å². The molecule has 13 heavy (non-hydrogen) atoms. The van der Waals surface area contributed by atoms with Crippen LogP contribution in [0.5, 0.6) is 0 Å². The van der Waals surface area contributed by atoms with Gasteiger partial charge >= 0.3 is 0 Å². The average Bonchev–Trinajstić information content (AvgIpc) is 1.91. The minimum Gasteiger partial charge on any atom is -0.398 e. The molecule has 1 aromatic carbocycles. The monoisotopic (exact) mass is 222 g/mol. The number of nitrogen functional groups attached to an aromatic ring is 1. The molecule has 0 amide bonds. The van der Waals surface area contributed by atoms with Crippen molar-refractivity contribution < 1.29 is 8.42 Å². The highest BCUT2D eigenvalue weighted by molar-refractivity contribution is 7.88. The second-order valence-electron chi connectivity index (χ2n) is 2.51. The van der Waals surface area contributed by atoms with E-state index >= 15 is 0 Å². The molecule has 1 rings (SSSR count). The van der Waals surface area contributed by atoms with Crippen molar-refractivity contribution >= 4 is 28.1 Å². The number of halogens is 1. The number of hydrogen-bond donors (Lipinski definition) is 2. The molecule has 0 aromatic heterocycles. The minimum absolute atomic E-state index is 0. The lowest BCUT2D eigenvalue weighted by Gasteiger charge is -2.01. The van der Waals surface area contributed by atoms with Crippen LogP contribution in [0.25, 0.3) is 0 Å². The first-order chi connectivity index (χ1) is 5.49. The lowest BCUT2D eigenvalue weighted by Crippen LogP contribution is -2.15. The lowest BCUT2D eigenvalue weighted by atomic mass is 10.2. The van der Waals surface area contributed by atoms with Crippen molar-refractivity contribution in [2.75, 3.05) is 5.73 Å². The highest BCUT2D eigenvalue weighted by Gasteiger charge is 2.06. The van der Waals surface area contributed by atoms with E-state index < -0.39 is 10.0 Å². The fraction of sp³-hybridized carbons (Fsp3) is 0.143. The van der Waals surface area contributed by atoms with Crippen molar-refractivity contribution in [3.8, 4) is 0 Å². The maximum atomic E-state index is 10.7. The summed E-state index contributed by atoms with van der Waals surface area (Å²) in [4.78, 5) is 0. The fourth-order valence-electron chi connectivity index (χ4n) is 0.882. The first-order valence-electron chi connectivity index (χ1n) is 3.33. The summed E-state index contributed by atoms with van der Waals surface area (Å²) < 4.78 is 21.4. The molecule has 6 heteroatoms. The number of nitrogens with two attached hydrogens (primary N) is 2. The van der Waals surface area contributed by atoms with Crippen LogP contribution in [0.15, 0.2) is 24.3 Å². The van der Waals surface area contributed by atoms with E-state index in [2.05, 4.69) is 0 Å². The molecule has 0 bridgehead atoms. The van der Waals surface area contributed by atoms with E-state index in [9.17, 15) is 8.42 Å². The van der Waals surface area contributed by atoms with Crippen LogP contribution in [0.3, 0.4) is 0 Å². The smallest absolute Gasteiger partial charge is 0.213 e. The molecular formula is C7H11ClN2O2S. The summed E-state index contributed by atoms with van der Waals surface area (Å²) in [7, 11) is -3.48. The van der Waals surface area contributed by atoms with Crippen LogP contribution in [0.2, 0.25) is 0 Å². The van der Waals surface area contributed by atoms with E-state index in [-0.39, 0.29) is 18.2 Å². The highest BCUT2D eigenvalue weighted by Crippen LogP contribution is 2.12. The molecule has 4 nitrogen and oxygen atoms in total. The third kappa shape index (κ3) is 4.12. The van der Waals surface area contributed by atoms with Crippen molar-refractivity contribution in [1.29, 1.82) is 0 Å². The molecule has 74 valence electrons. The van der Waals surface area contributed by atoms with Crippen molar-refractivity contribution in [1.82, 2.24) is 0 Å². The lowest BCUT2D eigenvalue weighted by molar-refractivity contribution is 0.597. The molecule has 0 aliphatic rings. The van der Waals surface area contributed by atoms with E-state index in [0.717, 1.165) is 0 Å². The Morgan fingerprint density at radius 1 is 1.23 bits per heavy atom. The van der Waals surface area contributed by atoms with Gasteiger partial charge in [0.05, 0.1) is 5.75 Å². The van der Waals surface area contributed by atoms with E-state index in [1.807, 2.05) is 0 Å². The number of hydrogen-bond acceptors (Lipinski definition) is 3. The molecule has 0 heterocycles. The third-order valence-corrected chi connectivity index (χ3v) is 2.13. The molecule has 0 spiro atoms. The molecule has 0 saturated carbocycles. The van der Waals surface area contributed by atoms with Crippen LogP contribution in [0.4, 0.5) is 5.69 Å². The van der Waals surface area contributed by atoms with Crippen LogP contribution in [-0.4, -0.2) is 8.42 Å². The largest absolute Gasteiger partial charge is 0.398 e. The van der Waals surface area contributed by atoms with Gasteiger partial charge in [-0.05, 0) is 11.6 Å². The van der Waals surface area contributed by atoms with E-state index in [4.69, 9.17) is 10.9 Å². The predicted octanol–water partition coefficient (Wildman–Crippen LogP) is 0.479. The Hall–Kier alpha value is -0.780. The molecule has 0 aliphatic carbocycles. The maximum Gasteiger partial charge on any atom is 0.213 e. The van der Waals surface area contributed by atoms with Crippen molar-refractivity contribution in [3.05, 3.63) is 29.8 Å². The van der Waals surface area contributed by atoms with Gasteiger partial charge in [0.25, 0.3) is 0 Å². The summed E-state index contributed by atoms with van der Waals surface area (Å²) in [6.07, 6.45) is 0. The summed E-state index contributed by atoms with van der Waals surface area (Å²) in [5, 5.41) is 4.85. The van der Waals surface area contributed by atoms with Crippen LogP contribution in [0, 0.1) is 0 Å². The number of rotatable bonds is 2. The van der Waals surface area contributed by atoms with E-state index in [1.54, 1.807) is 24.3 Å². The van der Waals surface area contributed by atoms with Gasteiger partial charge in [0.2, 0.25) is 10.0 Å². The molecule has 4 N–H and O–H groups in total. The highest BCUT2D eigenvalue weighted by atomic mass is 35.5. The van der Waals surface area contributed by atoms with E-state index in [0.29, 0.717) is 11.3 Å². The maximum absolute atomic E-state index is 10.7. The van der Waals surface area contributed by atoms with Crippen LogP contribution >= 0.6 is 12.4 Å². The van der Waals surface area contributed by atoms with Crippen molar-refractivity contribution in [2.24, 2.45) is 5.14 Å². The Balaban J connectivity index is 0.00000144. The third-order valence-electron chi connectivity index (χ3n) is 1.41. The molecule has 0 saturated heterocycles. The fourth-order valence-corrected chi connectivity index (χ4v) is 1.58. The van der Waals surface area contributed by atoms with Gasteiger partial charge in [0, 0.05) is 5.69 Å². The van der Waals surface area contributed by atoms with Gasteiger partial charge in [-0.2, -0.15) is 0 Å². The second-order valence-corrected chi connectivity index (χ2v) is 4.12. The van der Waals surface area contributed by atoms with Crippen LogP contribution in [-0.2, 0) is 15.8 Å². The first kappa shape index (κ1) is 12.2. The zero-order chi connectivity index (χ0) is 9.19. The Kier molecular flexibility index (Phi) is 4.19. The number of anilines is 1.